The second-order valence-electron chi connectivity index (χ2n) is 3.14. The Balaban J connectivity index is 2.87. The Morgan fingerprint density at radius 1 is 1.50 bits per heavy atom. The fraction of sp³-hybridized carbons (Fsp3) is 0.857. The van der Waals surface area contributed by atoms with Crippen molar-refractivity contribution in [1.29, 1.82) is 0 Å². The molecule has 12 heavy (non-hydrogen) atoms. The maximum Gasteiger partial charge on any atom is 0.126 e. The highest BCUT2D eigenvalue weighted by atomic mass is 16.4. The molecular formula is C7H12O5. The van der Waals surface area contributed by atoms with Crippen LogP contribution >= 0.6 is 0 Å². The van der Waals surface area contributed by atoms with Crippen molar-refractivity contribution in [1.82, 2.24) is 0 Å². The predicted octanol–water partition coefficient (Wildman–Crippen LogP) is -2.35. The zero-order valence-electron chi connectivity index (χ0n) is 6.42. The second kappa shape index (κ2) is 3.10. The summed E-state index contributed by atoms with van der Waals surface area (Å²) in [4.78, 5) is 10.4. The van der Waals surface area contributed by atoms with Crippen molar-refractivity contribution in [2.75, 3.05) is 6.61 Å². The van der Waals surface area contributed by atoms with E-state index < -0.39 is 30.3 Å². The van der Waals surface area contributed by atoms with E-state index in [9.17, 15) is 15.0 Å². The summed E-state index contributed by atoms with van der Waals surface area (Å²) in [6, 6.07) is 0. The van der Waals surface area contributed by atoms with Crippen molar-refractivity contribution < 1.29 is 25.2 Å². The normalized spacial score (nSPS) is 47.8. The summed E-state index contributed by atoms with van der Waals surface area (Å²) >= 11 is 0. The van der Waals surface area contributed by atoms with Gasteiger partial charge in [0.25, 0.3) is 0 Å². The molecule has 0 aromatic rings. The van der Waals surface area contributed by atoms with Crippen molar-refractivity contribution in [2.45, 2.75) is 24.2 Å². The molecule has 4 atom stereocenters. The van der Waals surface area contributed by atoms with Gasteiger partial charge in [0.1, 0.15) is 18.0 Å². The van der Waals surface area contributed by atoms with E-state index in [2.05, 4.69) is 0 Å². The van der Waals surface area contributed by atoms with Gasteiger partial charge in [-0.1, -0.05) is 0 Å². The highest BCUT2D eigenvalue weighted by Gasteiger charge is 2.53. The topological polar surface area (TPSA) is 98.0 Å². The van der Waals surface area contributed by atoms with Gasteiger partial charge in [0.15, 0.2) is 0 Å². The lowest BCUT2D eigenvalue weighted by molar-refractivity contribution is -0.140. The van der Waals surface area contributed by atoms with Crippen molar-refractivity contribution in [3.05, 3.63) is 0 Å². The number of rotatable bonds is 2. The molecule has 0 aromatic heterocycles. The molecule has 0 bridgehead atoms. The molecule has 0 amide bonds. The number of hydrogen-bond acceptors (Lipinski definition) is 5. The number of carbonyl (C=O) groups excluding carboxylic acids is 1. The Morgan fingerprint density at radius 2 is 2.08 bits per heavy atom. The average molecular weight is 176 g/mol. The Labute approximate surface area is 69.3 Å². The highest BCUT2D eigenvalue weighted by molar-refractivity contribution is 5.57. The zero-order chi connectivity index (χ0) is 9.35. The molecule has 70 valence electrons. The van der Waals surface area contributed by atoms with Gasteiger partial charge < -0.3 is 25.2 Å². The molecule has 0 aromatic carbocycles. The van der Waals surface area contributed by atoms with Gasteiger partial charge in [0.05, 0.1) is 18.6 Å². The van der Waals surface area contributed by atoms with Crippen molar-refractivity contribution in [3.8, 4) is 0 Å². The van der Waals surface area contributed by atoms with Gasteiger partial charge in [0.2, 0.25) is 0 Å². The Morgan fingerprint density at radius 3 is 2.42 bits per heavy atom. The third-order valence-electron chi connectivity index (χ3n) is 2.43. The molecule has 5 nitrogen and oxygen atoms in total. The molecule has 1 aliphatic rings. The number of hydrogen-bond donors (Lipinski definition) is 4. The first-order valence-electron chi connectivity index (χ1n) is 3.71. The van der Waals surface area contributed by atoms with Crippen LogP contribution in [-0.4, -0.2) is 51.1 Å². The highest BCUT2D eigenvalue weighted by Crippen LogP contribution is 2.34. The van der Waals surface area contributed by atoms with E-state index in [0.717, 1.165) is 0 Å². The summed E-state index contributed by atoms with van der Waals surface area (Å²) in [5.74, 6) is -0.896. The lowest BCUT2D eigenvalue weighted by atomic mass is 9.91. The molecule has 1 aliphatic carbocycles. The molecule has 0 heterocycles. The standard InChI is InChI=1S/C7H12O5/c8-2-4-1-5(10)6(11)7(4,12)3-9/h2,4-6,9-12H,1,3H2/t4?,5-,6+,7-/m1/s1. The Bertz CT molecular complexity index is 183. The van der Waals surface area contributed by atoms with Crippen LogP contribution in [0.1, 0.15) is 6.42 Å². The molecule has 4 N–H and O–H groups in total. The fourth-order valence-corrected chi connectivity index (χ4v) is 1.53. The molecular weight excluding hydrogens is 164 g/mol. The molecule has 0 spiro atoms. The third kappa shape index (κ3) is 1.15. The minimum atomic E-state index is -1.87. The van der Waals surface area contributed by atoms with Crippen LogP contribution in [0.4, 0.5) is 0 Å². The van der Waals surface area contributed by atoms with Gasteiger partial charge in [-0.25, -0.2) is 0 Å². The quantitative estimate of drug-likeness (QED) is 0.353. The first-order valence-corrected chi connectivity index (χ1v) is 3.71. The molecule has 1 saturated carbocycles. The summed E-state index contributed by atoms with van der Waals surface area (Å²) in [6.45, 7) is -0.728. The summed E-state index contributed by atoms with van der Waals surface area (Å²) < 4.78 is 0. The fourth-order valence-electron chi connectivity index (χ4n) is 1.53. The summed E-state index contributed by atoms with van der Waals surface area (Å²) in [7, 11) is 0. The minimum absolute atomic E-state index is 0.0122. The number of aliphatic hydroxyl groups excluding tert-OH is 3. The zero-order valence-corrected chi connectivity index (χ0v) is 6.42. The molecule has 1 rings (SSSR count). The minimum Gasteiger partial charge on any atom is -0.393 e. The first kappa shape index (κ1) is 9.60. The van der Waals surface area contributed by atoms with Gasteiger partial charge in [-0.2, -0.15) is 0 Å². The molecule has 0 aliphatic heterocycles. The largest absolute Gasteiger partial charge is 0.393 e. The Hall–Kier alpha value is -0.490. The average Bonchev–Trinajstić information content (AvgIpc) is 2.30. The molecule has 1 fully saturated rings. The first-order chi connectivity index (χ1) is 5.56. The molecule has 5 heteroatoms. The van der Waals surface area contributed by atoms with Crippen LogP contribution in [0.5, 0.6) is 0 Å². The molecule has 1 unspecified atom stereocenters. The van der Waals surface area contributed by atoms with E-state index in [-0.39, 0.29) is 6.42 Å². The smallest absolute Gasteiger partial charge is 0.126 e. The predicted molar refractivity (Wildman–Crippen MR) is 38.2 cm³/mol. The molecule has 0 radical (unpaired) electrons. The third-order valence-corrected chi connectivity index (χ3v) is 2.43. The van der Waals surface area contributed by atoms with E-state index in [1.165, 1.54) is 0 Å². The van der Waals surface area contributed by atoms with E-state index in [0.29, 0.717) is 6.29 Å². The lowest BCUT2D eigenvalue weighted by Crippen LogP contribution is -2.49. The maximum atomic E-state index is 10.4. The molecule has 0 saturated heterocycles. The van der Waals surface area contributed by atoms with Gasteiger partial charge >= 0.3 is 0 Å². The van der Waals surface area contributed by atoms with Crippen LogP contribution in [-0.2, 0) is 4.79 Å². The lowest BCUT2D eigenvalue weighted by Gasteiger charge is -2.27. The number of aliphatic hydroxyl groups is 4. The van der Waals surface area contributed by atoms with Crippen molar-refractivity contribution in [2.24, 2.45) is 5.92 Å². The van der Waals surface area contributed by atoms with Crippen LogP contribution in [0, 0.1) is 5.92 Å². The summed E-state index contributed by atoms with van der Waals surface area (Å²) in [5.41, 5.74) is -1.87. The van der Waals surface area contributed by atoms with Crippen LogP contribution in [0.2, 0.25) is 0 Å². The van der Waals surface area contributed by atoms with E-state index >= 15 is 0 Å². The second-order valence-corrected chi connectivity index (χ2v) is 3.14. The maximum absolute atomic E-state index is 10.4. The number of carbonyl (C=O) groups is 1. The summed E-state index contributed by atoms with van der Waals surface area (Å²) in [6.07, 6.45) is -2.16. The van der Waals surface area contributed by atoms with Crippen LogP contribution in [0.3, 0.4) is 0 Å². The van der Waals surface area contributed by atoms with Gasteiger partial charge in [0, 0.05) is 0 Å². The van der Waals surface area contributed by atoms with Gasteiger partial charge in [-0.05, 0) is 6.42 Å². The van der Waals surface area contributed by atoms with Crippen LogP contribution in [0.25, 0.3) is 0 Å². The van der Waals surface area contributed by atoms with Gasteiger partial charge in [-0.3, -0.25) is 0 Å². The van der Waals surface area contributed by atoms with E-state index in [4.69, 9.17) is 10.2 Å². The van der Waals surface area contributed by atoms with Crippen molar-refractivity contribution in [3.63, 3.8) is 0 Å². The summed E-state index contributed by atoms with van der Waals surface area (Å²) in [5, 5.41) is 36.5. The van der Waals surface area contributed by atoms with Crippen molar-refractivity contribution >= 4 is 6.29 Å². The van der Waals surface area contributed by atoms with Crippen LogP contribution in [0.15, 0.2) is 0 Å². The van der Waals surface area contributed by atoms with E-state index in [1.54, 1.807) is 0 Å². The number of aldehydes is 1. The van der Waals surface area contributed by atoms with Gasteiger partial charge in [-0.15, -0.1) is 0 Å². The SMILES string of the molecule is O=CC1C[C@@H](O)[C@H](O)[C@@]1(O)CO. The Kier molecular flexibility index (Phi) is 2.48. The monoisotopic (exact) mass is 176 g/mol. The van der Waals surface area contributed by atoms with E-state index in [1.807, 2.05) is 0 Å². The van der Waals surface area contributed by atoms with Crippen LogP contribution < -0.4 is 0 Å².